The Balaban J connectivity index is 1.48. The number of fused-ring (bicyclic) bond motifs is 1. The number of aliphatic imine (C=N–C) groups is 1. The second-order valence-electron chi connectivity index (χ2n) is 8.00. The molecular weight excluding hydrogens is 414 g/mol. The lowest BCUT2D eigenvalue weighted by atomic mass is 10.1. The molecule has 1 saturated heterocycles. The van der Waals surface area contributed by atoms with Gasteiger partial charge in [-0.1, -0.05) is 60.7 Å². The van der Waals surface area contributed by atoms with E-state index in [0.717, 1.165) is 16.2 Å². The number of alkyl carbamates (subject to hydrolysis) is 1. The Morgan fingerprint density at radius 3 is 2.41 bits per heavy atom. The number of rotatable bonds is 5. The van der Waals surface area contributed by atoms with Crippen LogP contribution in [0.2, 0.25) is 0 Å². The predicted molar refractivity (Wildman–Crippen MR) is 115 cm³/mol. The summed E-state index contributed by atoms with van der Waals surface area (Å²) >= 11 is 0. The Labute approximate surface area is 186 Å². The molecule has 2 aromatic carbocycles. The fourth-order valence-corrected chi connectivity index (χ4v) is 3.46. The molecule has 0 aliphatic carbocycles. The Bertz CT molecular complexity index is 937. The van der Waals surface area contributed by atoms with Crippen LogP contribution in [0.5, 0.6) is 0 Å². The van der Waals surface area contributed by atoms with Crippen LogP contribution in [0.3, 0.4) is 0 Å². The lowest BCUT2D eigenvalue weighted by Gasteiger charge is -2.46. The molecule has 0 bridgehead atoms. The van der Waals surface area contributed by atoms with Gasteiger partial charge in [0, 0.05) is 0 Å². The quantitative estimate of drug-likeness (QED) is 0.735. The second-order valence-corrected chi connectivity index (χ2v) is 8.00. The highest BCUT2D eigenvalue weighted by Crippen LogP contribution is 2.30. The largest absolute Gasteiger partial charge is 0.444 e. The number of carbonyl (C=O) groups excluding carboxylic acids is 1. The highest BCUT2D eigenvalue weighted by atomic mass is 16.7. The third-order valence-corrected chi connectivity index (χ3v) is 5.07. The number of aliphatic hydroxyl groups is 1. The number of carbonyl (C=O) groups is 1. The van der Waals surface area contributed by atoms with Crippen molar-refractivity contribution in [3.05, 3.63) is 71.8 Å². The molecule has 2 N–H and O–H groups in total. The minimum Gasteiger partial charge on any atom is -0.444 e. The molecule has 0 radical (unpaired) electrons. The van der Waals surface area contributed by atoms with Gasteiger partial charge in [-0.2, -0.15) is 5.06 Å². The van der Waals surface area contributed by atoms with Crippen LogP contribution in [0.15, 0.2) is 65.7 Å². The number of amides is 1. The first-order valence-electron chi connectivity index (χ1n) is 10.4. The number of nitrogens with zero attached hydrogens (tertiary/aromatic N) is 2. The van der Waals surface area contributed by atoms with Crippen LogP contribution in [0.25, 0.3) is 0 Å². The highest BCUT2D eigenvalue weighted by molar-refractivity contribution is 5.94. The first kappa shape index (κ1) is 22.2. The Hall–Kier alpha value is -2.98. The minimum atomic E-state index is -1.21. The second kappa shape index (κ2) is 9.66. The lowest BCUT2D eigenvalue weighted by Crippen LogP contribution is -2.64. The number of hydrogen-bond donors (Lipinski definition) is 2. The standard InChI is InChI=1S/C23H27N3O6/c1-23(2)30-15-18-19(32-23)20(27)26(31-14-17-11-7-4-8-12-17)21(24-18)25-22(28)29-13-16-9-5-3-6-10-16/h3-12,18-20,27H,13-15H2,1-2H3,(H,24,25,28)/t18-,19+,20-/m1/s1. The Morgan fingerprint density at radius 2 is 1.75 bits per heavy atom. The van der Waals surface area contributed by atoms with E-state index in [1.165, 1.54) is 0 Å². The fraction of sp³-hybridized carbons (Fsp3) is 0.391. The van der Waals surface area contributed by atoms with Crippen molar-refractivity contribution in [2.75, 3.05) is 6.61 Å². The Kier molecular flexibility index (Phi) is 6.71. The molecule has 9 nitrogen and oxygen atoms in total. The van der Waals surface area contributed by atoms with E-state index in [2.05, 4.69) is 10.3 Å². The van der Waals surface area contributed by atoms with E-state index >= 15 is 0 Å². The monoisotopic (exact) mass is 441 g/mol. The molecular formula is C23H27N3O6. The molecule has 2 aliphatic rings. The average molecular weight is 441 g/mol. The van der Waals surface area contributed by atoms with Crippen molar-refractivity contribution in [2.24, 2.45) is 4.99 Å². The molecule has 2 heterocycles. The molecule has 0 unspecified atom stereocenters. The van der Waals surface area contributed by atoms with Gasteiger partial charge in [0.25, 0.3) is 0 Å². The summed E-state index contributed by atoms with van der Waals surface area (Å²) in [6, 6.07) is 18.3. The molecule has 1 fully saturated rings. The molecule has 9 heteroatoms. The van der Waals surface area contributed by atoms with Gasteiger partial charge in [-0.15, -0.1) is 0 Å². The average Bonchev–Trinajstić information content (AvgIpc) is 2.79. The van der Waals surface area contributed by atoms with Crippen molar-refractivity contribution in [2.45, 2.75) is 51.2 Å². The number of nitrogens with one attached hydrogen (secondary N) is 1. The third-order valence-electron chi connectivity index (χ3n) is 5.07. The number of hydroxylamine groups is 2. The maximum Gasteiger partial charge on any atom is 0.414 e. The van der Waals surface area contributed by atoms with Crippen molar-refractivity contribution in [1.82, 2.24) is 10.4 Å². The molecule has 0 saturated carbocycles. The van der Waals surface area contributed by atoms with Crippen LogP contribution in [-0.2, 0) is 32.3 Å². The summed E-state index contributed by atoms with van der Waals surface area (Å²) < 4.78 is 16.8. The van der Waals surface area contributed by atoms with E-state index in [4.69, 9.17) is 19.0 Å². The fourth-order valence-electron chi connectivity index (χ4n) is 3.46. The molecule has 4 rings (SSSR count). The van der Waals surface area contributed by atoms with E-state index in [9.17, 15) is 9.90 Å². The summed E-state index contributed by atoms with van der Waals surface area (Å²) in [5.41, 5.74) is 1.74. The van der Waals surface area contributed by atoms with E-state index in [0.29, 0.717) is 0 Å². The van der Waals surface area contributed by atoms with Gasteiger partial charge in [0.15, 0.2) is 12.0 Å². The highest BCUT2D eigenvalue weighted by Gasteiger charge is 2.47. The number of benzene rings is 2. The van der Waals surface area contributed by atoms with Crippen molar-refractivity contribution in [3.8, 4) is 0 Å². The summed E-state index contributed by atoms with van der Waals surface area (Å²) in [7, 11) is 0. The molecule has 170 valence electrons. The van der Waals surface area contributed by atoms with Crippen molar-refractivity contribution in [1.29, 1.82) is 0 Å². The molecule has 1 amide bonds. The van der Waals surface area contributed by atoms with Gasteiger partial charge in [0.05, 0.1) is 6.61 Å². The zero-order valence-corrected chi connectivity index (χ0v) is 18.0. The zero-order chi connectivity index (χ0) is 22.6. The summed E-state index contributed by atoms with van der Waals surface area (Å²) in [5.74, 6) is -0.845. The first-order chi connectivity index (χ1) is 15.4. The molecule has 0 spiro atoms. The smallest absolute Gasteiger partial charge is 0.414 e. The molecule has 2 aliphatic heterocycles. The van der Waals surface area contributed by atoms with Crippen LogP contribution in [-0.4, -0.2) is 53.0 Å². The van der Waals surface area contributed by atoms with Crippen molar-refractivity contribution in [3.63, 3.8) is 0 Å². The maximum absolute atomic E-state index is 12.4. The number of guanidine groups is 1. The summed E-state index contributed by atoms with van der Waals surface area (Å²) in [5, 5.41) is 14.7. The van der Waals surface area contributed by atoms with Gasteiger partial charge in [-0.05, 0) is 25.0 Å². The summed E-state index contributed by atoms with van der Waals surface area (Å²) in [4.78, 5) is 22.8. The van der Waals surface area contributed by atoms with Crippen LogP contribution in [0, 0.1) is 0 Å². The number of hydrogen-bond acceptors (Lipinski definition) is 8. The third kappa shape index (κ3) is 5.43. The van der Waals surface area contributed by atoms with Gasteiger partial charge in [-0.25, -0.2) is 9.79 Å². The van der Waals surface area contributed by atoms with Crippen molar-refractivity contribution >= 4 is 12.1 Å². The van der Waals surface area contributed by atoms with Gasteiger partial charge < -0.3 is 19.3 Å². The SMILES string of the molecule is CC1(C)OC[C@H]2N=C(NC(=O)OCc3ccccc3)N(OCc3ccccc3)[C@H](O)[C@H]2O1. The van der Waals surface area contributed by atoms with Gasteiger partial charge in [0.2, 0.25) is 5.96 Å². The first-order valence-corrected chi connectivity index (χ1v) is 10.4. The Morgan fingerprint density at radius 1 is 1.12 bits per heavy atom. The van der Waals surface area contributed by atoms with E-state index in [1.54, 1.807) is 13.8 Å². The topological polar surface area (TPSA) is 102 Å². The molecule has 2 aromatic rings. The maximum atomic E-state index is 12.4. The van der Waals surface area contributed by atoms with Crippen molar-refractivity contribution < 1.29 is 28.9 Å². The molecule has 0 aromatic heterocycles. The number of aliphatic hydroxyl groups excluding tert-OH is 1. The van der Waals surface area contributed by atoms with Gasteiger partial charge >= 0.3 is 6.09 Å². The van der Waals surface area contributed by atoms with E-state index in [1.807, 2.05) is 60.7 Å². The van der Waals surface area contributed by atoms with E-state index < -0.39 is 30.3 Å². The molecule has 32 heavy (non-hydrogen) atoms. The van der Waals surface area contributed by atoms with E-state index in [-0.39, 0.29) is 25.8 Å². The van der Waals surface area contributed by atoms with Crippen LogP contribution >= 0.6 is 0 Å². The van der Waals surface area contributed by atoms with Gasteiger partial charge in [-0.3, -0.25) is 10.2 Å². The zero-order valence-electron chi connectivity index (χ0n) is 18.0. The summed E-state index contributed by atoms with van der Waals surface area (Å²) in [6.45, 7) is 4.02. The normalized spacial score (nSPS) is 24.3. The van der Waals surface area contributed by atoms with Crippen LogP contribution in [0.4, 0.5) is 4.79 Å². The summed E-state index contributed by atoms with van der Waals surface area (Å²) in [6.07, 6.45) is -2.63. The van der Waals surface area contributed by atoms with Crippen LogP contribution in [0.1, 0.15) is 25.0 Å². The van der Waals surface area contributed by atoms with Gasteiger partial charge in [0.1, 0.15) is 25.4 Å². The minimum absolute atomic E-state index is 0.0275. The number of ether oxygens (including phenoxy) is 3. The predicted octanol–water partition coefficient (Wildman–Crippen LogP) is 2.55. The van der Waals surface area contributed by atoms with Crippen LogP contribution < -0.4 is 5.32 Å². The molecule has 3 atom stereocenters. The lowest BCUT2D eigenvalue weighted by molar-refractivity contribution is -0.330.